The summed E-state index contributed by atoms with van der Waals surface area (Å²) in [6.07, 6.45) is 10.1. The molecule has 10 heavy (non-hydrogen) atoms. The van der Waals surface area contributed by atoms with Crippen molar-refractivity contribution in [3.63, 3.8) is 0 Å². The molecule has 0 amide bonds. The first-order valence-corrected chi connectivity index (χ1v) is 4.53. The van der Waals surface area contributed by atoms with Gasteiger partial charge in [0.2, 0.25) is 0 Å². The van der Waals surface area contributed by atoms with Crippen molar-refractivity contribution in [2.75, 3.05) is 0 Å². The Morgan fingerprint density at radius 3 is 1.70 bits per heavy atom. The van der Waals surface area contributed by atoms with E-state index >= 15 is 0 Å². The molecule has 0 saturated heterocycles. The molecule has 0 N–H and O–H groups in total. The molecule has 0 spiro atoms. The average molecular weight is 138 g/mol. The van der Waals surface area contributed by atoms with Crippen LogP contribution in [0.25, 0.3) is 0 Å². The average Bonchev–Trinajstić information content (AvgIpc) is 2.04. The van der Waals surface area contributed by atoms with Crippen LogP contribution in [0.2, 0.25) is 0 Å². The highest BCUT2D eigenvalue weighted by atomic mass is 14.2. The van der Waals surface area contributed by atoms with Crippen LogP contribution in [0.1, 0.15) is 39.5 Å². The lowest BCUT2D eigenvalue weighted by Crippen LogP contribution is -2.14. The molecule has 0 aromatic heterocycles. The van der Waals surface area contributed by atoms with Crippen LogP contribution in [-0.4, -0.2) is 0 Å². The fraction of sp³-hybridized carbons (Fsp3) is 0.800. The maximum Gasteiger partial charge on any atom is -0.0320 e. The molecule has 0 nitrogen and oxygen atoms in total. The number of rotatable bonds is 2. The lowest BCUT2D eigenvalue weighted by molar-refractivity contribution is 0.305. The topological polar surface area (TPSA) is 0 Å². The van der Waals surface area contributed by atoms with Gasteiger partial charge in [0.25, 0.3) is 0 Å². The SMILES string of the molecule is CC[C@H]1CC=CC[C@@H]1CC. The van der Waals surface area contributed by atoms with Gasteiger partial charge in [0, 0.05) is 0 Å². The molecule has 0 aliphatic heterocycles. The Hall–Kier alpha value is -0.260. The van der Waals surface area contributed by atoms with Crippen LogP contribution in [0.4, 0.5) is 0 Å². The Morgan fingerprint density at radius 2 is 1.40 bits per heavy atom. The van der Waals surface area contributed by atoms with Gasteiger partial charge in [-0.05, 0) is 24.7 Å². The first-order valence-electron chi connectivity index (χ1n) is 4.53. The zero-order chi connectivity index (χ0) is 7.40. The molecule has 1 rings (SSSR count). The van der Waals surface area contributed by atoms with Gasteiger partial charge in [0.05, 0.1) is 0 Å². The van der Waals surface area contributed by atoms with Crippen LogP contribution < -0.4 is 0 Å². The second-order valence-corrected chi connectivity index (χ2v) is 3.28. The Bertz CT molecular complexity index is 99.2. The molecule has 0 fully saturated rings. The van der Waals surface area contributed by atoms with Gasteiger partial charge in [-0.25, -0.2) is 0 Å². The summed E-state index contributed by atoms with van der Waals surface area (Å²) in [5, 5.41) is 0. The van der Waals surface area contributed by atoms with Crippen molar-refractivity contribution in [1.82, 2.24) is 0 Å². The number of hydrogen-bond donors (Lipinski definition) is 0. The highest BCUT2D eigenvalue weighted by molar-refractivity contribution is 4.93. The van der Waals surface area contributed by atoms with E-state index in [1.807, 2.05) is 0 Å². The summed E-state index contributed by atoms with van der Waals surface area (Å²) in [5.41, 5.74) is 0. The summed E-state index contributed by atoms with van der Waals surface area (Å²) in [5.74, 6) is 1.96. The van der Waals surface area contributed by atoms with Crippen LogP contribution >= 0.6 is 0 Å². The molecule has 0 saturated carbocycles. The number of hydrogen-bond acceptors (Lipinski definition) is 0. The minimum Gasteiger partial charge on any atom is -0.0882 e. The highest BCUT2D eigenvalue weighted by Crippen LogP contribution is 2.29. The van der Waals surface area contributed by atoms with E-state index in [-0.39, 0.29) is 0 Å². The summed E-state index contributed by atoms with van der Waals surface area (Å²) < 4.78 is 0. The lowest BCUT2D eigenvalue weighted by atomic mass is 9.80. The number of allylic oxidation sites excluding steroid dienone is 2. The van der Waals surface area contributed by atoms with Crippen molar-refractivity contribution < 1.29 is 0 Å². The van der Waals surface area contributed by atoms with Crippen LogP contribution in [0.15, 0.2) is 12.2 Å². The molecule has 58 valence electrons. The van der Waals surface area contributed by atoms with Gasteiger partial charge in [-0.1, -0.05) is 38.8 Å². The first-order chi connectivity index (χ1) is 4.88. The third-order valence-corrected chi connectivity index (χ3v) is 2.76. The van der Waals surface area contributed by atoms with Gasteiger partial charge < -0.3 is 0 Å². The first kappa shape index (κ1) is 7.84. The Morgan fingerprint density at radius 1 is 1.00 bits per heavy atom. The molecular formula is C10H18. The summed E-state index contributed by atoms with van der Waals surface area (Å²) in [6.45, 7) is 4.62. The molecule has 2 atom stereocenters. The van der Waals surface area contributed by atoms with E-state index in [0.717, 1.165) is 11.8 Å². The quantitative estimate of drug-likeness (QED) is 0.513. The lowest BCUT2D eigenvalue weighted by Gasteiger charge is -2.26. The molecule has 0 bridgehead atoms. The smallest absolute Gasteiger partial charge is 0.0320 e. The van der Waals surface area contributed by atoms with Crippen LogP contribution in [0.5, 0.6) is 0 Å². The van der Waals surface area contributed by atoms with Gasteiger partial charge in [0.15, 0.2) is 0 Å². The van der Waals surface area contributed by atoms with Crippen LogP contribution in [-0.2, 0) is 0 Å². The molecular weight excluding hydrogens is 120 g/mol. The fourth-order valence-corrected chi connectivity index (χ4v) is 1.93. The normalized spacial score (nSPS) is 32.6. The molecule has 0 aromatic carbocycles. The van der Waals surface area contributed by atoms with Crippen LogP contribution in [0.3, 0.4) is 0 Å². The van der Waals surface area contributed by atoms with E-state index in [4.69, 9.17) is 0 Å². The molecule has 1 aliphatic rings. The van der Waals surface area contributed by atoms with E-state index in [1.54, 1.807) is 0 Å². The minimum absolute atomic E-state index is 0.981. The molecule has 0 heterocycles. The monoisotopic (exact) mass is 138 g/mol. The van der Waals surface area contributed by atoms with E-state index < -0.39 is 0 Å². The highest BCUT2D eigenvalue weighted by Gasteiger charge is 2.18. The summed E-state index contributed by atoms with van der Waals surface area (Å²) in [4.78, 5) is 0. The standard InChI is InChI=1S/C10H18/c1-3-9-7-5-6-8-10(9)4-2/h5-6,9-10H,3-4,7-8H2,1-2H3/t9-,10-/m0/s1. The van der Waals surface area contributed by atoms with Crippen molar-refractivity contribution >= 4 is 0 Å². The second kappa shape index (κ2) is 3.80. The Kier molecular flexibility index (Phi) is 2.98. The van der Waals surface area contributed by atoms with E-state index in [0.29, 0.717) is 0 Å². The summed E-state index contributed by atoms with van der Waals surface area (Å²) in [7, 11) is 0. The zero-order valence-electron chi connectivity index (χ0n) is 7.14. The van der Waals surface area contributed by atoms with E-state index in [1.165, 1.54) is 25.7 Å². The molecule has 0 radical (unpaired) electrons. The molecule has 0 aromatic rings. The predicted molar refractivity (Wildman–Crippen MR) is 45.9 cm³/mol. The van der Waals surface area contributed by atoms with Gasteiger partial charge >= 0.3 is 0 Å². The van der Waals surface area contributed by atoms with E-state index in [2.05, 4.69) is 26.0 Å². The summed E-state index contributed by atoms with van der Waals surface area (Å²) in [6, 6.07) is 0. The largest absolute Gasteiger partial charge is 0.0882 e. The summed E-state index contributed by atoms with van der Waals surface area (Å²) >= 11 is 0. The molecule has 0 unspecified atom stereocenters. The third-order valence-electron chi connectivity index (χ3n) is 2.76. The second-order valence-electron chi connectivity index (χ2n) is 3.28. The molecule has 0 heteroatoms. The van der Waals surface area contributed by atoms with Gasteiger partial charge in [-0.15, -0.1) is 0 Å². The van der Waals surface area contributed by atoms with Crippen molar-refractivity contribution in [2.24, 2.45) is 11.8 Å². The van der Waals surface area contributed by atoms with Crippen molar-refractivity contribution in [3.8, 4) is 0 Å². The van der Waals surface area contributed by atoms with Gasteiger partial charge in [0.1, 0.15) is 0 Å². The van der Waals surface area contributed by atoms with Crippen molar-refractivity contribution in [3.05, 3.63) is 12.2 Å². The fourth-order valence-electron chi connectivity index (χ4n) is 1.93. The van der Waals surface area contributed by atoms with E-state index in [9.17, 15) is 0 Å². The molecule has 1 aliphatic carbocycles. The van der Waals surface area contributed by atoms with Gasteiger partial charge in [-0.3, -0.25) is 0 Å². The third kappa shape index (κ3) is 1.62. The van der Waals surface area contributed by atoms with Crippen molar-refractivity contribution in [1.29, 1.82) is 0 Å². The minimum atomic E-state index is 0.981. The van der Waals surface area contributed by atoms with Crippen molar-refractivity contribution in [2.45, 2.75) is 39.5 Å². The Labute approximate surface area is 64.3 Å². The van der Waals surface area contributed by atoms with Gasteiger partial charge in [-0.2, -0.15) is 0 Å². The Balaban J connectivity index is 2.45. The maximum atomic E-state index is 2.35. The van der Waals surface area contributed by atoms with Crippen LogP contribution in [0, 0.1) is 11.8 Å². The predicted octanol–water partition coefficient (Wildman–Crippen LogP) is 3.39. The zero-order valence-corrected chi connectivity index (χ0v) is 7.14. The maximum absolute atomic E-state index is 2.35.